The smallest absolute Gasteiger partial charge is 0.260 e. The molecule has 2 heterocycles. The molecule has 0 saturated carbocycles. The van der Waals surface area contributed by atoms with E-state index < -0.39 is 11.7 Å². The van der Waals surface area contributed by atoms with Gasteiger partial charge in [-0.05, 0) is 13.0 Å². The number of phenols is 1. The Kier molecular flexibility index (Phi) is 4.71. The number of hydrogen-bond acceptors (Lipinski definition) is 8. The molecule has 29 heavy (non-hydrogen) atoms. The van der Waals surface area contributed by atoms with Gasteiger partial charge in [-0.1, -0.05) is 0 Å². The van der Waals surface area contributed by atoms with Crippen molar-refractivity contribution in [2.45, 2.75) is 13.2 Å². The van der Waals surface area contributed by atoms with Gasteiger partial charge in [0, 0.05) is 30.4 Å². The van der Waals surface area contributed by atoms with Gasteiger partial charge in [-0.2, -0.15) is 0 Å². The van der Waals surface area contributed by atoms with Crippen LogP contribution in [0.2, 0.25) is 0 Å². The first-order chi connectivity index (χ1) is 14.0. The summed E-state index contributed by atoms with van der Waals surface area (Å²) >= 11 is 0. The van der Waals surface area contributed by atoms with E-state index in [0.29, 0.717) is 35.2 Å². The SMILES string of the molecule is CCOC1Oc2cc(OC)c(OC)cc2-c2c1oc1cc(OC)cc(O)c1c2=O. The van der Waals surface area contributed by atoms with E-state index in [2.05, 4.69) is 0 Å². The minimum atomic E-state index is -0.939. The van der Waals surface area contributed by atoms with Gasteiger partial charge in [0.1, 0.15) is 28.2 Å². The quantitative estimate of drug-likeness (QED) is 0.694. The van der Waals surface area contributed by atoms with Crippen molar-refractivity contribution in [1.82, 2.24) is 0 Å². The van der Waals surface area contributed by atoms with Gasteiger partial charge in [0.05, 0.1) is 26.9 Å². The van der Waals surface area contributed by atoms with Crippen molar-refractivity contribution in [1.29, 1.82) is 0 Å². The molecule has 4 rings (SSSR count). The maximum atomic E-state index is 13.4. The fraction of sp³-hybridized carbons (Fsp3) is 0.286. The predicted octanol–water partition coefficient (Wildman–Crippen LogP) is 3.62. The highest BCUT2D eigenvalue weighted by Gasteiger charge is 2.34. The maximum absolute atomic E-state index is 13.4. The van der Waals surface area contributed by atoms with Gasteiger partial charge < -0.3 is 33.2 Å². The monoisotopic (exact) mass is 400 g/mol. The van der Waals surface area contributed by atoms with Gasteiger partial charge in [-0.25, -0.2) is 0 Å². The number of methoxy groups -OCH3 is 3. The van der Waals surface area contributed by atoms with Crippen molar-refractivity contribution in [3.63, 3.8) is 0 Å². The zero-order valence-corrected chi connectivity index (χ0v) is 16.4. The highest BCUT2D eigenvalue weighted by Crippen LogP contribution is 2.47. The summed E-state index contributed by atoms with van der Waals surface area (Å²) in [5.74, 6) is 1.58. The molecule has 1 N–H and O–H groups in total. The van der Waals surface area contributed by atoms with E-state index in [1.165, 1.54) is 33.5 Å². The molecule has 2 aromatic carbocycles. The van der Waals surface area contributed by atoms with Gasteiger partial charge in [0.25, 0.3) is 6.29 Å². The highest BCUT2D eigenvalue weighted by atomic mass is 16.7. The van der Waals surface area contributed by atoms with E-state index in [0.717, 1.165) is 0 Å². The van der Waals surface area contributed by atoms with E-state index in [9.17, 15) is 9.90 Å². The first-order valence-corrected chi connectivity index (χ1v) is 8.94. The number of aromatic hydroxyl groups is 1. The third kappa shape index (κ3) is 2.92. The fourth-order valence-electron chi connectivity index (χ4n) is 3.41. The molecule has 8 heteroatoms. The number of fused-ring (bicyclic) bond motifs is 4. The zero-order chi connectivity index (χ0) is 20.7. The molecule has 0 fully saturated rings. The first-order valence-electron chi connectivity index (χ1n) is 8.94. The normalized spacial score (nSPS) is 14.7. The van der Waals surface area contributed by atoms with Crippen LogP contribution < -0.4 is 24.4 Å². The molecule has 0 amide bonds. The lowest BCUT2D eigenvalue weighted by atomic mass is 9.97. The van der Waals surface area contributed by atoms with Crippen LogP contribution >= 0.6 is 0 Å². The second-order valence-corrected chi connectivity index (χ2v) is 6.30. The lowest BCUT2D eigenvalue weighted by Gasteiger charge is -2.27. The second-order valence-electron chi connectivity index (χ2n) is 6.30. The second kappa shape index (κ2) is 7.21. The summed E-state index contributed by atoms with van der Waals surface area (Å²) in [6.45, 7) is 2.14. The van der Waals surface area contributed by atoms with Crippen LogP contribution in [-0.4, -0.2) is 33.0 Å². The summed E-state index contributed by atoms with van der Waals surface area (Å²) in [5.41, 5.74) is 0.448. The van der Waals surface area contributed by atoms with Crippen LogP contribution in [0.1, 0.15) is 19.0 Å². The molecule has 8 nitrogen and oxygen atoms in total. The van der Waals surface area contributed by atoms with Crippen molar-refractivity contribution < 1.29 is 33.2 Å². The van der Waals surface area contributed by atoms with E-state index in [1.54, 1.807) is 19.1 Å². The minimum absolute atomic E-state index is 0.0439. The molecule has 1 atom stereocenters. The molecule has 0 radical (unpaired) electrons. The van der Waals surface area contributed by atoms with Crippen LogP contribution in [0.3, 0.4) is 0 Å². The van der Waals surface area contributed by atoms with Crippen LogP contribution in [0, 0.1) is 0 Å². The molecule has 0 saturated heterocycles. The Morgan fingerprint density at radius 2 is 1.76 bits per heavy atom. The Morgan fingerprint density at radius 1 is 1.03 bits per heavy atom. The lowest BCUT2D eigenvalue weighted by molar-refractivity contribution is -0.0926. The largest absolute Gasteiger partial charge is 0.507 e. The Hall–Kier alpha value is -3.39. The first kappa shape index (κ1) is 18.9. The average Bonchev–Trinajstić information content (AvgIpc) is 2.72. The summed E-state index contributed by atoms with van der Waals surface area (Å²) in [4.78, 5) is 13.4. The zero-order valence-electron chi connectivity index (χ0n) is 16.4. The van der Waals surface area contributed by atoms with E-state index in [4.69, 9.17) is 28.1 Å². The van der Waals surface area contributed by atoms with Crippen LogP contribution in [0.15, 0.2) is 33.5 Å². The van der Waals surface area contributed by atoms with E-state index >= 15 is 0 Å². The number of phenolic OH excluding ortho intramolecular Hbond substituents is 1. The van der Waals surface area contributed by atoms with Crippen molar-refractivity contribution >= 4 is 11.0 Å². The van der Waals surface area contributed by atoms with Crippen LogP contribution in [0.5, 0.6) is 28.7 Å². The van der Waals surface area contributed by atoms with Crippen LogP contribution in [0.25, 0.3) is 22.1 Å². The van der Waals surface area contributed by atoms with Crippen molar-refractivity contribution in [2.24, 2.45) is 0 Å². The molecule has 152 valence electrons. The average molecular weight is 400 g/mol. The van der Waals surface area contributed by atoms with Crippen LogP contribution in [-0.2, 0) is 4.74 Å². The van der Waals surface area contributed by atoms with Crippen molar-refractivity contribution in [3.8, 4) is 39.9 Å². The molecular formula is C21H20O8. The minimum Gasteiger partial charge on any atom is -0.507 e. The molecular weight excluding hydrogens is 380 g/mol. The standard InChI is InChI=1S/C21H20O8/c1-5-27-21-20-17(11-8-14(25-3)15(26-4)9-13(11)29-21)19(23)18-12(22)6-10(24-2)7-16(18)28-20/h6-9,21-22H,5H2,1-4H3. The fourth-order valence-corrected chi connectivity index (χ4v) is 3.41. The summed E-state index contributed by atoms with van der Waals surface area (Å²) in [6.07, 6.45) is -0.939. The molecule has 0 aliphatic carbocycles. The van der Waals surface area contributed by atoms with Crippen LogP contribution in [0.4, 0.5) is 0 Å². The third-order valence-electron chi connectivity index (χ3n) is 4.73. The van der Waals surface area contributed by atoms with Gasteiger partial charge >= 0.3 is 0 Å². The predicted molar refractivity (Wildman–Crippen MR) is 104 cm³/mol. The lowest BCUT2D eigenvalue weighted by Crippen LogP contribution is -2.22. The highest BCUT2D eigenvalue weighted by molar-refractivity contribution is 5.90. The summed E-state index contributed by atoms with van der Waals surface area (Å²) in [7, 11) is 4.46. The Morgan fingerprint density at radius 3 is 2.41 bits per heavy atom. The Bertz CT molecular complexity index is 1150. The number of rotatable bonds is 5. The number of ether oxygens (including phenoxy) is 5. The molecule has 1 aliphatic rings. The summed E-state index contributed by atoms with van der Waals surface area (Å²) in [6, 6.07) is 6.16. The summed E-state index contributed by atoms with van der Waals surface area (Å²) in [5, 5.41) is 10.5. The van der Waals surface area contributed by atoms with Crippen molar-refractivity contribution in [3.05, 3.63) is 40.2 Å². The topological polar surface area (TPSA) is 96.6 Å². The molecule has 1 aliphatic heterocycles. The number of benzene rings is 2. The van der Waals surface area contributed by atoms with Crippen molar-refractivity contribution in [2.75, 3.05) is 27.9 Å². The van der Waals surface area contributed by atoms with Gasteiger partial charge in [0.15, 0.2) is 17.3 Å². The van der Waals surface area contributed by atoms with Gasteiger partial charge in [-0.3, -0.25) is 4.79 Å². The van der Waals surface area contributed by atoms with Gasteiger partial charge in [0.2, 0.25) is 5.43 Å². The molecule has 1 unspecified atom stereocenters. The molecule has 3 aromatic rings. The Labute approximate surface area is 166 Å². The maximum Gasteiger partial charge on any atom is 0.260 e. The van der Waals surface area contributed by atoms with E-state index in [-0.39, 0.29) is 28.0 Å². The number of hydrogen-bond donors (Lipinski definition) is 1. The molecule has 0 spiro atoms. The third-order valence-corrected chi connectivity index (χ3v) is 4.73. The van der Waals surface area contributed by atoms with Gasteiger partial charge in [-0.15, -0.1) is 0 Å². The molecule has 0 bridgehead atoms. The summed E-state index contributed by atoms with van der Waals surface area (Å²) < 4.78 is 33.4. The molecule has 1 aromatic heterocycles. The Balaban J connectivity index is 2.08. The van der Waals surface area contributed by atoms with E-state index in [1.807, 2.05) is 0 Å².